The molecule has 99 heavy (non-hydrogen) atoms. The van der Waals surface area contributed by atoms with Gasteiger partial charge in [-0.05, 0) is 138 Å². The van der Waals surface area contributed by atoms with Crippen molar-refractivity contribution in [1.82, 2.24) is 40.5 Å². The van der Waals surface area contributed by atoms with E-state index >= 15 is 0 Å². The minimum absolute atomic E-state index is 0.0412. The molecule has 12 rings (SSSR count). The number of fused-ring (bicyclic) bond motifs is 20. The monoisotopic (exact) mass is 1350 g/mol. The lowest BCUT2D eigenvalue weighted by molar-refractivity contribution is -0.143. The SMILES string of the molecule is CCOc1nc2nc(n1)Nc1ccc(C(=O)N[C@@H](CCC(=O)c3ccccc3)C(=O)O)c(c1)OCCCCCCOc1ccc(cc1)CN2.CCOc1nc2nc(n1)Nc1ccc(C(=O)N[C@@H](CCC(=O)c3ccccc3)C(=O)OC)c(c1)OCCCCCCOc1ccc(cc1)CN2. The van der Waals surface area contributed by atoms with Crippen molar-refractivity contribution >= 4 is 70.5 Å². The second-order valence-electron chi connectivity index (χ2n) is 22.9. The number of aromatic nitrogens is 6. The number of carboxylic acid groups (broad SMARTS) is 1. The molecule has 518 valence electrons. The molecule has 6 aromatic carbocycles. The van der Waals surface area contributed by atoms with Crippen LogP contribution >= 0.6 is 0 Å². The molecule has 0 spiro atoms. The Labute approximate surface area is 573 Å². The maximum atomic E-state index is 13.7. The number of ether oxygens (including phenoxy) is 7. The van der Waals surface area contributed by atoms with Crippen LogP contribution in [0.15, 0.2) is 146 Å². The standard InChI is InChI=1S/C37H42N6O7.C36H40N6O7/c1-3-48-37-42-35-38-24-25-13-16-28(17-14-25)49-21-9-4-5-10-22-50-32-23-27(39-36(41-35)43-37)15-18-29(32)33(45)40-30(34(46)47-2)19-20-31(44)26-11-7-6-8-12-26;1-2-47-36-41-34-37-23-24-12-15-27(16-13-24)48-20-8-3-4-9-21-49-31-22-26(38-35(40-34)42-36)14-17-28(31)32(44)39-29(33(45)46)18-19-30(43)25-10-6-5-7-11-25/h6-8,11-18,23,30H,3-5,9-10,19-22,24H2,1-2H3,(H,40,45)(H2,38,39,41,42,43);5-7,10-17,22,29H,2-4,8-9,18-21,23H2,1H3,(H,39,44)(H,45,46)(H2,37,38,40,41,42)/t30-;29-/m00/s1. The average Bonchev–Trinajstić information content (AvgIpc) is 0.910. The smallest absolute Gasteiger partial charge is 0.328 e. The minimum Gasteiger partial charge on any atom is -0.494 e. The van der Waals surface area contributed by atoms with Crippen molar-refractivity contribution < 1.29 is 67.0 Å². The number of nitrogens with one attached hydrogen (secondary N) is 6. The van der Waals surface area contributed by atoms with Gasteiger partial charge in [-0.15, -0.1) is 0 Å². The number of ketones is 2. The fourth-order valence-corrected chi connectivity index (χ4v) is 10.3. The van der Waals surface area contributed by atoms with E-state index in [0.717, 1.165) is 74.0 Å². The summed E-state index contributed by atoms with van der Waals surface area (Å²) in [7, 11) is 1.24. The van der Waals surface area contributed by atoms with E-state index < -0.39 is 35.8 Å². The number of methoxy groups -OCH3 is 1. The summed E-state index contributed by atoms with van der Waals surface area (Å²) in [6.07, 6.45) is 6.91. The summed E-state index contributed by atoms with van der Waals surface area (Å²) < 4.78 is 40.2. The van der Waals surface area contributed by atoms with E-state index in [4.69, 9.17) is 33.2 Å². The molecule has 7 N–H and O–H groups in total. The largest absolute Gasteiger partial charge is 0.494 e. The molecule has 0 aliphatic carbocycles. The maximum absolute atomic E-state index is 13.7. The number of carbonyl (C=O) groups is 6. The van der Waals surface area contributed by atoms with Gasteiger partial charge in [0.25, 0.3) is 11.8 Å². The van der Waals surface area contributed by atoms with Crippen LogP contribution < -0.4 is 60.3 Å². The molecule has 2 atom stereocenters. The summed E-state index contributed by atoms with van der Waals surface area (Å²) in [6.45, 7) is 7.16. The number of anilines is 6. The van der Waals surface area contributed by atoms with Gasteiger partial charge in [0.05, 0.1) is 57.9 Å². The Morgan fingerprint density at radius 2 is 0.869 bits per heavy atom. The van der Waals surface area contributed by atoms with Gasteiger partial charge in [0.2, 0.25) is 23.8 Å². The van der Waals surface area contributed by atoms with Crippen LogP contribution in [0.4, 0.5) is 35.2 Å². The first-order valence-corrected chi connectivity index (χ1v) is 33.1. The molecule has 26 heteroatoms. The van der Waals surface area contributed by atoms with Crippen molar-refractivity contribution in [1.29, 1.82) is 0 Å². The van der Waals surface area contributed by atoms with Crippen LogP contribution in [0.5, 0.6) is 35.0 Å². The Morgan fingerprint density at radius 3 is 1.27 bits per heavy atom. The molecule has 0 saturated carbocycles. The molecule has 8 aromatic rings. The number of nitrogens with zero attached hydrogens (tertiary/aromatic N) is 6. The van der Waals surface area contributed by atoms with Crippen molar-refractivity contribution in [3.63, 3.8) is 0 Å². The van der Waals surface area contributed by atoms with Gasteiger partial charge in [-0.25, -0.2) is 9.59 Å². The number of hydrogen-bond donors (Lipinski definition) is 7. The predicted octanol–water partition coefficient (Wildman–Crippen LogP) is 11.7. The molecule has 0 saturated heterocycles. The van der Waals surface area contributed by atoms with E-state index in [2.05, 4.69) is 61.8 Å². The normalized spacial score (nSPS) is 13.9. The van der Waals surface area contributed by atoms with Gasteiger partial charge in [-0.1, -0.05) is 84.9 Å². The van der Waals surface area contributed by atoms with E-state index in [1.165, 1.54) is 7.11 Å². The number of benzene rings is 6. The third kappa shape index (κ3) is 22.9. The molecule has 0 radical (unpaired) electrons. The lowest BCUT2D eigenvalue weighted by Crippen LogP contribution is -2.42. The average molecular weight is 1350 g/mol. The number of hydrogen-bond acceptors (Lipinski definition) is 23. The molecule has 0 fully saturated rings. The highest BCUT2D eigenvalue weighted by molar-refractivity contribution is 6.01. The Balaban J connectivity index is 0.000000231. The van der Waals surface area contributed by atoms with Crippen LogP contribution in [0.2, 0.25) is 0 Å². The van der Waals surface area contributed by atoms with Gasteiger partial charge in [0.1, 0.15) is 35.1 Å². The molecule has 6 heterocycles. The Kier molecular flexibility index (Phi) is 27.4. The van der Waals surface area contributed by atoms with Gasteiger partial charge in [0, 0.05) is 60.6 Å². The fraction of sp³-hybridized carbons (Fsp3) is 0.342. The van der Waals surface area contributed by atoms with Gasteiger partial charge in [-0.3, -0.25) is 19.2 Å². The van der Waals surface area contributed by atoms with Crippen LogP contribution in [-0.2, 0) is 27.4 Å². The van der Waals surface area contributed by atoms with Gasteiger partial charge in [0.15, 0.2) is 11.6 Å². The van der Waals surface area contributed by atoms with E-state index in [0.29, 0.717) is 92.9 Å². The first kappa shape index (κ1) is 71.8. The van der Waals surface area contributed by atoms with Crippen LogP contribution in [0.25, 0.3) is 0 Å². The maximum Gasteiger partial charge on any atom is 0.328 e. The van der Waals surface area contributed by atoms with Gasteiger partial charge < -0.3 is 70.2 Å². The summed E-state index contributed by atoms with van der Waals surface area (Å²) in [5.74, 6) is -0.261. The summed E-state index contributed by atoms with van der Waals surface area (Å²) in [4.78, 5) is 104. The number of carbonyl (C=O) groups excluding carboxylic acids is 5. The van der Waals surface area contributed by atoms with E-state index in [1.54, 1.807) is 91.0 Å². The molecular formula is C73H82N12O14. The third-order valence-corrected chi connectivity index (χ3v) is 15.5. The number of esters is 1. The molecule has 2 amide bonds. The van der Waals surface area contributed by atoms with E-state index in [-0.39, 0.29) is 78.0 Å². The van der Waals surface area contributed by atoms with Crippen molar-refractivity contribution in [3.8, 4) is 35.0 Å². The minimum atomic E-state index is -1.28. The fourth-order valence-electron chi connectivity index (χ4n) is 10.3. The van der Waals surface area contributed by atoms with E-state index in [1.807, 2.05) is 68.4 Å². The zero-order chi connectivity index (χ0) is 69.6. The van der Waals surface area contributed by atoms with Gasteiger partial charge >= 0.3 is 24.0 Å². The summed E-state index contributed by atoms with van der Waals surface area (Å²) >= 11 is 0. The number of amides is 2. The second-order valence-corrected chi connectivity index (χ2v) is 22.9. The number of carboxylic acids is 1. The molecule has 12 bridgehead atoms. The quantitative estimate of drug-likeness (QED) is 0.0310. The highest BCUT2D eigenvalue weighted by atomic mass is 16.5. The van der Waals surface area contributed by atoms with Gasteiger partial charge in [-0.2, -0.15) is 29.9 Å². The Bertz CT molecular complexity index is 3970. The molecule has 0 unspecified atom stereocenters. The lowest BCUT2D eigenvalue weighted by Gasteiger charge is -2.18. The van der Waals surface area contributed by atoms with Crippen molar-refractivity contribution in [2.45, 2.75) is 116 Å². The molecule has 2 aromatic heterocycles. The highest BCUT2D eigenvalue weighted by Gasteiger charge is 2.27. The zero-order valence-electron chi connectivity index (χ0n) is 55.6. The van der Waals surface area contributed by atoms with Crippen molar-refractivity contribution in [2.75, 3.05) is 68.0 Å². The number of rotatable bonds is 18. The molecule has 4 aliphatic rings. The van der Waals surface area contributed by atoms with E-state index in [9.17, 15) is 33.9 Å². The number of Topliss-reactive ketones (excluding diaryl/α,β-unsaturated/α-hetero) is 2. The van der Waals surface area contributed by atoms with Crippen LogP contribution in [0, 0.1) is 0 Å². The van der Waals surface area contributed by atoms with Crippen molar-refractivity contribution in [2.24, 2.45) is 0 Å². The second kappa shape index (κ2) is 37.7. The van der Waals surface area contributed by atoms with Crippen LogP contribution in [-0.4, -0.2) is 129 Å². The lowest BCUT2D eigenvalue weighted by atomic mass is 10.0. The first-order valence-electron chi connectivity index (χ1n) is 33.1. The molecule has 4 aliphatic heterocycles. The van der Waals surface area contributed by atoms with Crippen LogP contribution in [0.1, 0.15) is 143 Å². The number of aliphatic carboxylic acids is 1. The summed E-state index contributed by atoms with van der Waals surface area (Å²) in [5, 5.41) is 27.9. The Morgan fingerprint density at radius 1 is 0.475 bits per heavy atom. The molecular weight excluding hydrogens is 1270 g/mol. The first-order chi connectivity index (χ1) is 48.3. The Hall–Kier alpha value is -11.4. The van der Waals surface area contributed by atoms with Crippen molar-refractivity contribution in [3.05, 3.63) is 179 Å². The topological polar surface area (TPSA) is 337 Å². The predicted molar refractivity (Wildman–Crippen MR) is 370 cm³/mol. The summed E-state index contributed by atoms with van der Waals surface area (Å²) in [5.41, 5.74) is 4.47. The highest BCUT2D eigenvalue weighted by Crippen LogP contribution is 2.30. The molecule has 26 nitrogen and oxygen atoms in total. The summed E-state index contributed by atoms with van der Waals surface area (Å²) in [6, 6.07) is 40.8. The zero-order valence-corrected chi connectivity index (χ0v) is 55.6. The van der Waals surface area contributed by atoms with Crippen LogP contribution in [0.3, 0.4) is 0 Å². The third-order valence-electron chi connectivity index (χ3n) is 15.5.